The molecule has 0 bridgehead atoms. The minimum atomic E-state index is -0.684. The van der Waals surface area contributed by atoms with Crippen molar-refractivity contribution >= 4 is 17.2 Å². The fourth-order valence-electron chi connectivity index (χ4n) is 1.36. The van der Waals surface area contributed by atoms with Crippen LogP contribution in [-0.4, -0.2) is 23.5 Å². The zero-order chi connectivity index (χ0) is 13.8. The molecule has 1 aromatic rings. The summed E-state index contributed by atoms with van der Waals surface area (Å²) in [6.07, 6.45) is 0.644. The fraction of sp³-hybridized carbons (Fsp3) is 0.667. The second-order valence-electron chi connectivity index (χ2n) is 4.46. The summed E-state index contributed by atoms with van der Waals surface area (Å²) in [5, 5.41) is 6.06. The van der Waals surface area contributed by atoms with Gasteiger partial charge < -0.3 is 10.5 Å². The van der Waals surface area contributed by atoms with E-state index >= 15 is 0 Å². The Labute approximate surface area is 112 Å². The van der Waals surface area contributed by atoms with E-state index in [2.05, 4.69) is 10.3 Å². The normalized spacial score (nSPS) is 16.2. The van der Waals surface area contributed by atoms with Gasteiger partial charge in [-0.15, -0.1) is 11.3 Å². The van der Waals surface area contributed by atoms with E-state index in [1.165, 1.54) is 0 Å². The van der Waals surface area contributed by atoms with Crippen molar-refractivity contribution < 1.29 is 9.53 Å². The van der Waals surface area contributed by atoms with Crippen LogP contribution in [0.4, 0.5) is 0 Å². The maximum Gasteiger partial charge on any atom is 0.237 e. The molecule has 0 aromatic carbocycles. The number of nitrogens with two attached hydrogens (primary N) is 1. The van der Waals surface area contributed by atoms with Crippen molar-refractivity contribution in [2.75, 3.05) is 7.11 Å². The summed E-state index contributed by atoms with van der Waals surface area (Å²) in [5.41, 5.74) is 5.60. The van der Waals surface area contributed by atoms with Gasteiger partial charge in [-0.2, -0.15) is 0 Å². The van der Waals surface area contributed by atoms with Crippen LogP contribution < -0.4 is 11.1 Å². The molecule has 0 radical (unpaired) electrons. The summed E-state index contributed by atoms with van der Waals surface area (Å²) in [5.74, 6) is -0.342. The van der Waals surface area contributed by atoms with Crippen molar-refractivity contribution in [2.24, 2.45) is 5.73 Å². The molecule has 2 atom stereocenters. The molecule has 5 nitrogen and oxygen atoms in total. The van der Waals surface area contributed by atoms with Crippen LogP contribution in [0.5, 0.6) is 0 Å². The molecular weight excluding hydrogens is 250 g/mol. The number of carbonyl (C=O) groups is 1. The number of ether oxygens (including phenoxy) is 1. The Kier molecular flexibility index (Phi) is 5.25. The second-order valence-corrected chi connectivity index (χ2v) is 5.35. The van der Waals surface area contributed by atoms with Gasteiger partial charge in [0.15, 0.2) is 0 Å². The third-order valence-electron chi connectivity index (χ3n) is 3.18. The Bertz CT molecular complexity index is 408. The lowest BCUT2D eigenvalue weighted by Gasteiger charge is -2.25. The lowest BCUT2D eigenvalue weighted by molar-refractivity contribution is -0.124. The molecule has 0 unspecified atom stereocenters. The third-order valence-corrected chi connectivity index (χ3v) is 4.24. The van der Waals surface area contributed by atoms with Gasteiger partial charge in [-0.3, -0.25) is 10.1 Å². The number of hydrogen-bond acceptors (Lipinski definition) is 5. The highest BCUT2D eigenvalue weighted by Crippen LogP contribution is 2.20. The fourth-order valence-corrected chi connectivity index (χ4v) is 2.21. The first-order valence-electron chi connectivity index (χ1n) is 5.95. The molecule has 1 amide bonds. The monoisotopic (exact) mass is 271 g/mol. The highest BCUT2D eigenvalue weighted by molar-refractivity contribution is 7.09. The molecule has 0 aliphatic rings. The zero-order valence-electron chi connectivity index (χ0n) is 11.3. The maximum absolute atomic E-state index is 11.4. The van der Waals surface area contributed by atoms with Crippen LogP contribution in [-0.2, 0) is 16.1 Å². The average molecular weight is 271 g/mol. The summed E-state index contributed by atoms with van der Waals surface area (Å²) in [7, 11) is 1.66. The Morgan fingerprint density at radius 3 is 2.89 bits per heavy atom. The van der Waals surface area contributed by atoms with Crippen molar-refractivity contribution in [1.29, 1.82) is 0 Å². The smallest absolute Gasteiger partial charge is 0.237 e. The van der Waals surface area contributed by atoms with E-state index in [9.17, 15) is 4.79 Å². The van der Waals surface area contributed by atoms with Gasteiger partial charge in [0.1, 0.15) is 11.1 Å². The van der Waals surface area contributed by atoms with Gasteiger partial charge in [-0.05, 0) is 20.3 Å². The topological polar surface area (TPSA) is 77.2 Å². The summed E-state index contributed by atoms with van der Waals surface area (Å²) < 4.78 is 5.21. The quantitative estimate of drug-likeness (QED) is 0.789. The highest BCUT2D eigenvalue weighted by Gasteiger charge is 2.28. The lowest BCUT2D eigenvalue weighted by atomic mass is 9.98. The first-order valence-corrected chi connectivity index (χ1v) is 6.83. The molecule has 0 aliphatic carbocycles. The van der Waals surface area contributed by atoms with Crippen LogP contribution in [0.2, 0.25) is 0 Å². The molecule has 0 fully saturated rings. The molecular formula is C12H21N3O2S. The van der Waals surface area contributed by atoms with Gasteiger partial charge in [0, 0.05) is 19.0 Å². The highest BCUT2D eigenvalue weighted by atomic mass is 32.1. The van der Waals surface area contributed by atoms with Gasteiger partial charge in [-0.25, -0.2) is 4.98 Å². The standard InChI is InChI=1S/C12H21N3O2S/c1-5-12(3,11(13)16)14-6-9-7-18-10(15-9)8(2)17-4/h7-8,14H,5-6H2,1-4H3,(H2,13,16)/t8-,12+/m1/s1. The van der Waals surface area contributed by atoms with Gasteiger partial charge in [0.2, 0.25) is 5.91 Å². The first kappa shape index (κ1) is 15.1. The molecule has 1 heterocycles. The van der Waals surface area contributed by atoms with E-state index in [1.54, 1.807) is 25.4 Å². The number of nitrogens with one attached hydrogen (secondary N) is 1. The molecule has 102 valence electrons. The van der Waals surface area contributed by atoms with Gasteiger partial charge in [0.25, 0.3) is 0 Å². The minimum absolute atomic E-state index is 0.00236. The van der Waals surface area contributed by atoms with Gasteiger partial charge in [0.05, 0.1) is 11.2 Å². The molecule has 3 N–H and O–H groups in total. The predicted molar refractivity (Wildman–Crippen MR) is 72.3 cm³/mol. The lowest BCUT2D eigenvalue weighted by Crippen LogP contribution is -2.52. The van der Waals surface area contributed by atoms with E-state index in [0.717, 1.165) is 10.7 Å². The third kappa shape index (κ3) is 3.51. The van der Waals surface area contributed by atoms with Crippen molar-refractivity contribution in [1.82, 2.24) is 10.3 Å². The van der Waals surface area contributed by atoms with E-state index in [1.807, 2.05) is 19.2 Å². The number of rotatable bonds is 7. The SMILES string of the molecule is CC[C@](C)(NCc1csc([C@@H](C)OC)n1)C(N)=O. The van der Waals surface area contributed by atoms with Crippen molar-refractivity contribution in [3.05, 3.63) is 16.1 Å². The summed E-state index contributed by atoms with van der Waals surface area (Å²) in [4.78, 5) is 15.8. The van der Waals surface area contributed by atoms with Crippen molar-refractivity contribution in [3.63, 3.8) is 0 Å². The zero-order valence-corrected chi connectivity index (χ0v) is 12.1. The number of primary amides is 1. The second kappa shape index (κ2) is 6.26. The first-order chi connectivity index (χ1) is 8.42. The molecule has 0 spiro atoms. The predicted octanol–water partition coefficient (Wildman–Crippen LogP) is 1.59. The molecule has 0 aliphatic heterocycles. The maximum atomic E-state index is 11.4. The molecule has 0 saturated heterocycles. The molecule has 6 heteroatoms. The summed E-state index contributed by atoms with van der Waals surface area (Å²) in [6.45, 7) is 6.22. The Balaban J connectivity index is 2.63. The number of thiazole rings is 1. The average Bonchev–Trinajstić information content (AvgIpc) is 2.83. The number of carbonyl (C=O) groups excluding carboxylic acids is 1. The molecule has 18 heavy (non-hydrogen) atoms. The van der Waals surface area contributed by atoms with E-state index in [4.69, 9.17) is 10.5 Å². The molecule has 1 rings (SSSR count). The summed E-state index contributed by atoms with van der Waals surface area (Å²) >= 11 is 1.56. The van der Waals surface area contributed by atoms with Crippen molar-refractivity contribution in [3.8, 4) is 0 Å². The number of methoxy groups -OCH3 is 1. The van der Waals surface area contributed by atoms with E-state index < -0.39 is 5.54 Å². The Morgan fingerprint density at radius 2 is 2.39 bits per heavy atom. The van der Waals surface area contributed by atoms with Crippen LogP contribution in [0, 0.1) is 0 Å². The Morgan fingerprint density at radius 1 is 1.72 bits per heavy atom. The van der Waals surface area contributed by atoms with Crippen LogP contribution in [0.15, 0.2) is 5.38 Å². The Hall–Kier alpha value is -0.980. The van der Waals surface area contributed by atoms with Crippen LogP contribution in [0.25, 0.3) is 0 Å². The van der Waals surface area contributed by atoms with E-state index in [-0.39, 0.29) is 12.0 Å². The number of nitrogens with zero attached hydrogens (tertiary/aromatic N) is 1. The van der Waals surface area contributed by atoms with Crippen molar-refractivity contribution in [2.45, 2.75) is 45.4 Å². The van der Waals surface area contributed by atoms with Crippen LogP contribution >= 0.6 is 11.3 Å². The van der Waals surface area contributed by atoms with E-state index in [0.29, 0.717) is 13.0 Å². The minimum Gasteiger partial charge on any atom is -0.375 e. The van der Waals surface area contributed by atoms with Gasteiger partial charge >= 0.3 is 0 Å². The molecule has 0 saturated carbocycles. The molecule has 1 aromatic heterocycles. The van der Waals surface area contributed by atoms with Crippen LogP contribution in [0.3, 0.4) is 0 Å². The summed E-state index contributed by atoms with van der Waals surface area (Å²) in [6, 6.07) is 0. The number of hydrogen-bond donors (Lipinski definition) is 2. The number of amides is 1. The number of aromatic nitrogens is 1. The van der Waals surface area contributed by atoms with Gasteiger partial charge in [-0.1, -0.05) is 6.92 Å². The largest absolute Gasteiger partial charge is 0.375 e. The van der Waals surface area contributed by atoms with Crippen LogP contribution in [0.1, 0.15) is 44.0 Å².